The van der Waals surface area contributed by atoms with Crippen LogP contribution < -0.4 is 0 Å². The number of benzene rings is 19. The zero-order valence-corrected chi connectivity index (χ0v) is 78.5. The average Bonchev–Trinajstić information content (AvgIpc) is 0.742. The Morgan fingerprint density at radius 1 is 0.164 bits per heavy atom. The Bertz CT molecular complexity index is 9150. The van der Waals surface area contributed by atoms with E-state index in [4.69, 9.17) is 71.4 Å². The van der Waals surface area contributed by atoms with Crippen molar-refractivity contribution in [1.82, 2.24) is 69.8 Å². The molecule has 0 N–H and O–H groups in total. The van der Waals surface area contributed by atoms with Gasteiger partial charge >= 0.3 is 0 Å². The van der Waals surface area contributed by atoms with Crippen molar-refractivity contribution < 1.29 is 0 Å². The molecule has 15 heteroatoms. The quantitative estimate of drug-likeness (QED) is 0.0697. The van der Waals surface area contributed by atoms with Crippen LogP contribution in [0.25, 0.3) is 272 Å². The first kappa shape index (κ1) is 87.3. The third-order valence-electron chi connectivity index (χ3n) is 26.5. The molecule has 0 atom stereocenters. The van der Waals surface area contributed by atoms with E-state index in [-0.39, 0.29) is 0 Å². The minimum Gasteiger partial charge on any atom is -0.264 e. The molecule has 0 amide bonds. The number of fused-ring (bicyclic) bond motifs is 15. The highest BCUT2D eigenvalue weighted by molar-refractivity contribution is 6.25. The summed E-state index contributed by atoms with van der Waals surface area (Å²) < 4.78 is 0. The maximum Gasteiger partial charge on any atom is 0.187 e. The molecule has 0 saturated carbocycles. The highest BCUT2D eigenvalue weighted by Gasteiger charge is 2.25. The molecule has 0 aliphatic heterocycles. The van der Waals surface area contributed by atoms with E-state index >= 15 is 0 Å². The van der Waals surface area contributed by atoms with Crippen LogP contribution in [0, 0.1) is 6.57 Å². The zero-order valence-electron chi connectivity index (χ0n) is 78.5. The molecule has 0 radical (unpaired) electrons. The summed E-state index contributed by atoms with van der Waals surface area (Å²) in [5.41, 5.74) is 22.8. The molecule has 27 rings (SSSR count). The van der Waals surface area contributed by atoms with Crippen LogP contribution in [0.3, 0.4) is 0 Å². The fourth-order valence-corrected chi connectivity index (χ4v) is 19.6. The molecule has 680 valence electrons. The second-order valence-corrected chi connectivity index (χ2v) is 35.7. The Kier molecular flexibility index (Phi) is 23.0. The zero-order chi connectivity index (χ0) is 97.2. The van der Waals surface area contributed by atoms with Crippen LogP contribution in [0.1, 0.15) is 0 Å². The van der Waals surface area contributed by atoms with E-state index in [0.29, 0.717) is 58.1 Å². The normalized spacial score (nSPS) is 11.3. The van der Waals surface area contributed by atoms with Gasteiger partial charge < -0.3 is 0 Å². The molecule has 8 aromatic heterocycles. The lowest BCUT2D eigenvalue weighted by Crippen LogP contribution is -2.01. The number of pyridine rings is 5. The fourth-order valence-electron chi connectivity index (χ4n) is 19.6. The Morgan fingerprint density at radius 3 is 0.747 bits per heavy atom. The third kappa shape index (κ3) is 17.3. The van der Waals surface area contributed by atoms with E-state index in [0.717, 1.165) is 166 Å². The van der Waals surface area contributed by atoms with Crippen molar-refractivity contribution in [3.05, 3.63) is 503 Å². The molecule has 19 aromatic carbocycles. The van der Waals surface area contributed by atoms with E-state index in [9.17, 15) is 0 Å². The molecule has 146 heavy (non-hydrogen) atoms. The highest BCUT2D eigenvalue weighted by Crippen LogP contribution is 2.46. The van der Waals surface area contributed by atoms with Gasteiger partial charge in [0.15, 0.2) is 58.1 Å². The number of nitrogens with zero attached hydrogens (tertiary/aromatic N) is 15. The molecule has 0 unspecified atom stereocenters. The Morgan fingerprint density at radius 2 is 0.432 bits per heavy atom. The van der Waals surface area contributed by atoms with Gasteiger partial charge in [0, 0.05) is 145 Å². The first-order valence-corrected chi connectivity index (χ1v) is 48.3. The third-order valence-corrected chi connectivity index (χ3v) is 26.5. The summed E-state index contributed by atoms with van der Waals surface area (Å²) in [6, 6.07) is 161. The molecule has 0 fully saturated rings. The highest BCUT2D eigenvalue weighted by atomic mass is 15.1. The minimum absolute atomic E-state index is 0.564. The van der Waals surface area contributed by atoms with Gasteiger partial charge in [-0.2, -0.15) is 0 Å². The molecule has 0 aliphatic rings. The van der Waals surface area contributed by atoms with Crippen LogP contribution in [-0.4, -0.2) is 69.8 Å². The maximum absolute atomic E-state index is 7.49. The second kappa shape index (κ2) is 38.5. The van der Waals surface area contributed by atoms with Crippen LogP contribution in [0.5, 0.6) is 0 Å². The van der Waals surface area contributed by atoms with Crippen LogP contribution in [0.2, 0.25) is 0 Å². The molecular formula is C131H81N15. The summed E-state index contributed by atoms with van der Waals surface area (Å²) in [6.07, 6.45) is 5.50. The predicted octanol–water partition coefficient (Wildman–Crippen LogP) is 32.5. The van der Waals surface area contributed by atoms with E-state index in [1.807, 2.05) is 255 Å². The topological polar surface area (TPSA) is 185 Å². The number of para-hydroxylation sites is 3. The fraction of sp³-hybridized carbons (Fsp3) is 0. The Labute approximate surface area is 840 Å². The van der Waals surface area contributed by atoms with Crippen LogP contribution >= 0.6 is 0 Å². The number of rotatable bonds is 15. The molecule has 0 aliphatic carbocycles. The van der Waals surface area contributed by atoms with Crippen LogP contribution in [0.4, 0.5) is 5.69 Å². The molecule has 0 bridgehead atoms. The van der Waals surface area contributed by atoms with Crippen molar-refractivity contribution in [3.63, 3.8) is 0 Å². The first-order valence-electron chi connectivity index (χ1n) is 48.3. The van der Waals surface area contributed by atoms with Gasteiger partial charge in [-0.05, 0) is 140 Å². The van der Waals surface area contributed by atoms with Gasteiger partial charge in [-0.25, -0.2) is 64.7 Å². The molecule has 15 nitrogen and oxygen atoms in total. The predicted molar refractivity (Wildman–Crippen MR) is 594 cm³/mol. The van der Waals surface area contributed by atoms with Crippen molar-refractivity contribution in [2.75, 3.05) is 0 Å². The summed E-state index contributed by atoms with van der Waals surface area (Å²) in [5, 5.41) is 17.4. The lowest BCUT2D eigenvalue weighted by atomic mass is 9.92. The standard InChI is InChI=1S/C45H27N5.2C43H27N5/c1-46-36-23-20-29(21-24-36)33-26-34(42-39-25-22-30-12-8-9-17-37(30)41(39)38-18-10-11-19-40(38)47-42)28-35(27-33)45-49-43(31-13-4-2-5-14-31)48-44(50-45)32-15-6-3-7-16-32;1-3-14-29(15-4-1)41-46-42(30-16-5-2-6-17-30)48-43(47-41)33-26-31(37-20-11-12-24-44-37)25-32(27-33)40-36-23-22-28-13-7-8-18-34(28)39(36)35-19-9-10-21-38(35)45-40;1-3-13-29(14-4-1)41-46-42(30-15-5-2-6-16-30)48-43(47-41)34-25-32(31-17-11-23-44-27-31)24-33(26-34)40-37-22-21-28-12-7-8-18-35(28)39(37)36-19-9-10-20-38(36)45-40/h2-28H;2*1-27H. The lowest BCUT2D eigenvalue weighted by Gasteiger charge is -2.15. The van der Waals surface area contributed by atoms with Gasteiger partial charge in [-0.15, -0.1) is 0 Å². The maximum atomic E-state index is 7.49. The van der Waals surface area contributed by atoms with Crippen molar-refractivity contribution >= 4 is 103 Å². The van der Waals surface area contributed by atoms with Crippen molar-refractivity contribution in [3.8, 4) is 170 Å². The summed E-state index contributed by atoms with van der Waals surface area (Å²) in [7, 11) is 0. The van der Waals surface area contributed by atoms with Gasteiger partial charge in [-0.1, -0.05) is 382 Å². The van der Waals surface area contributed by atoms with Crippen molar-refractivity contribution in [2.24, 2.45) is 0 Å². The van der Waals surface area contributed by atoms with Gasteiger partial charge in [0.2, 0.25) is 0 Å². The van der Waals surface area contributed by atoms with Crippen LogP contribution in [0.15, 0.2) is 492 Å². The van der Waals surface area contributed by atoms with Crippen molar-refractivity contribution in [1.29, 1.82) is 0 Å². The summed E-state index contributed by atoms with van der Waals surface area (Å²) >= 11 is 0. The number of aromatic nitrogens is 14. The van der Waals surface area contributed by atoms with Crippen molar-refractivity contribution in [2.45, 2.75) is 0 Å². The smallest absolute Gasteiger partial charge is 0.187 e. The van der Waals surface area contributed by atoms with E-state index in [2.05, 4.69) is 240 Å². The Balaban J connectivity index is 0.000000114. The second-order valence-electron chi connectivity index (χ2n) is 35.7. The van der Waals surface area contributed by atoms with E-state index in [1.54, 1.807) is 6.20 Å². The summed E-state index contributed by atoms with van der Waals surface area (Å²) in [4.78, 5) is 73.9. The Hall–Kier alpha value is -20.2. The monoisotopic (exact) mass is 1860 g/mol. The molecule has 27 aromatic rings. The van der Waals surface area contributed by atoms with Gasteiger partial charge in [0.25, 0.3) is 0 Å². The lowest BCUT2D eigenvalue weighted by molar-refractivity contribution is 1.07. The number of hydrogen-bond donors (Lipinski definition) is 0. The average molecular weight is 1870 g/mol. The van der Waals surface area contributed by atoms with Gasteiger partial charge in [0.1, 0.15) is 0 Å². The summed E-state index contributed by atoms with van der Waals surface area (Å²) in [5.74, 6) is 5.40. The summed E-state index contributed by atoms with van der Waals surface area (Å²) in [6.45, 7) is 7.49. The van der Waals surface area contributed by atoms with E-state index < -0.39 is 0 Å². The largest absolute Gasteiger partial charge is 0.264 e. The number of hydrogen-bond acceptors (Lipinski definition) is 14. The van der Waals surface area contributed by atoms with E-state index in [1.165, 1.54) is 48.5 Å². The molecule has 0 spiro atoms. The molecule has 8 heterocycles. The first-order chi connectivity index (χ1) is 72.3. The molecular weight excluding hydrogens is 1780 g/mol. The van der Waals surface area contributed by atoms with Crippen LogP contribution in [-0.2, 0) is 0 Å². The molecule has 0 saturated heterocycles. The van der Waals surface area contributed by atoms with Gasteiger partial charge in [-0.3, -0.25) is 9.97 Å². The van der Waals surface area contributed by atoms with Gasteiger partial charge in [0.05, 0.1) is 45.9 Å². The minimum atomic E-state index is 0.564. The SMILES string of the molecule is [C-]#[N+]c1ccc(-c2cc(-c3nc(-c4ccccc4)nc(-c4ccccc4)n3)cc(-c3nc4ccccc4c4c3ccc3ccccc34)c2)cc1.c1ccc(-c2nc(-c3ccccc3)nc(-c3cc(-c4ccccn4)cc(-c4nc5ccccc5c5c4ccc4ccccc45)c3)n2)cc1.c1ccc(-c2nc(-c3ccccc3)nc(-c3cc(-c4cccnc4)cc(-c4nc5ccccc5c5c4ccc4ccccc45)c3)n2)cc1.